The number of sulfonamides is 1. The van der Waals surface area contributed by atoms with Crippen LogP contribution in [0.2, 0.25) is 0 Å². The number of esters is 1. The first-order chi connectivity index (χ1) is 14.3. The Labute approximate surface area is 174 Å². The fourth-order valence-electron chi connectivity index (χ4n) is 3.29. The molecule has 1 aromatic carbocycles. The lowest BCUT2D eigenvalue weighted by Gasteiger charge is -2.13. The first kappa shape index (κ1) is 20.3. The zero-order valence-corrected chi connectivity index (χ0v) is 17.6. The van der Waals surface area contributed by atoms with Crippen LogP contribution < -0.4 is 0 Å². The van der Waals surface area contributed by atoms with Crippen molar-refractivity contribution in [2.24, 2.45) is 7.05 Å². The van der Waals surface area contributed by atoms with Crippen molar-refractivity contribution in [3.05, 3.63) is 53.7 Å². The fraction of sp³-hybridized carbons (Fsp3) is 0.350. The van der Waals surface area contributed by atoms with Gasteiger partial charge in [-0.2, -0.15) is 9.29 Å². The largest absolute Gasteiger partial charge is 0.451 e. The molecule has 9 nitrogen and oxygen atoms in total. The van der Waals surface area contributed by atoms with Gasteiger partial charge in [0.15, 0.2) is 6.61 Å². The van der Waals surface area contributed by atoms with Crippen molar-refractivity contribution in [2.75, 3.05) is 13.1 Å². The van der Waals surface area contributed by atoms with E-state index >= 15 is 0 Å². The van der Waals surface area contributed by atoms with E-state index in [0.717, 1.165) is 24.0 Å². The van der Waals surface area contributed by atoms with Gasteiger partial charge in [-0.15, -0.1) is 0 Å². The maximum absolute atomic E-state index is 12.7. The maximum atomic E-state index is 12.7. The molecule has 1 aliphatic rings. The van der Waals surface area contributed by atoms with Crippen LogP contribution in [0.3, 0.4) is 0 Å². The van der Waals surface area contributed by atoms with Gasteiger partial charge in [0.25, 0.3) is 5.89 Å². The van der Waals surface area contributed by atoms with E-state index in [1.165, 1.54) is 21.1 Å². The van der Waals surface area contributed by atoms with Gasteiger partial charge in [-0.1, -0.05) is 35.0 Å². The van der Waals surface area contributed by atoms with Crippen LogP contribution in [0.4, 0.5) is 0 Å². The maximum Gasteiger partial charge on any atom is 0.355 e. The fourth-order valence-corrected chi connectivity index (χ4v) is 4.88. The van der Waals surface area contributed by atoms with E-state index in [0.29, 0.717) is 18.9 Å². The molecular weight excluding hydrogens is 408 g/mol. The molecule has 0 amide bonds. The van der Waals surface area contributed by atoms with Crippen molar-refractivity contribution in [2.45, 2.75) is 31.3 Å². The first-order valence-corrected chi connectivity index (χ1v) is 11.0. The number of carbonyl (C=O) groups is 1. The van der Waals surface area contributed by atoms with E-state index in [1.54, 1.807) is 7.05 Å². The highest BCUT2D eigenvalue weighted by Crippen LogP contribution is 2.23. The molecule has 1 saturated heterocycles. The van der Waals surface area contributed by atoms with Gasteiger partial charge < -0.3 is 13.8 Å². The summed E-state index contributed by atoms with van der Waals surface area (Å²) in [5.41, 5.74) is 2.04. The summed E-state index contributed by atoms with van der Waals surface area (Å²) in [6, 6.07) is 8.97. The second-order valence-electron chi connectivity index (χ2n) is 7.24. The molecular formula is C20H22N4O5S. The number of ether oxygens (including phenoxy) is 1. The average molecular weight is 430 g/mol. The zero-order valence-electron chi connectivity index (χ0n) is 16.7. The summed E-state index contributed by atoms with van der Waals surface area (Å²) in [5.74, 6) is -0.118. The van der Waals surface area contributed by atoms with Crippen molar-refractivity contribution in [3.8, 4) is 11.4 Å². The Morgan fingerprint density at radius 2 is 1.90 bits per heavy atom. The molecule has 0 atom stereocenters. The molecule has 10 heteroatoms. The molecule has 0 aliphatic carbocycles. The van der Waals surface area contributed by atoms with Crippen LogP contribution >= 0.6 is 0 Å². The van der Waals surface area contributed by atoms with Gasteiger partial charge in [-0.05, 0) is 25.8 Å². The summed E-state index contributed by atoms with van der Waals surface area (Å²) in [6.45, 7) is 2.77. The molecule has 0 N–H and O–H groups in total. The van der Waals surface area contributed by atoms with Crippen LogP contribution in [0, 0.1) is 6.92 Å². The van der Waals surface area contributed by atoms with Crippen molar-refractivity contribution >= 4 is 16.0 Å². The molecule has 1 aliphatic heterocycles. The summed E-state index contributed by atoms with van der Waals surface area (Å²) in [7, 11) is -2.01. The van der Waals surface area contributed by atoms with Gasteiger partial charge >= 0.3 is 5.97 Å². The Bertz CT molecular complexity index is 1160. The number of aromatic nitrogens is 3. The molecule has 0 spiro atoms. The molecule has 0 unspecified atom stereocenters. The Morgan fingerprint density at radius 3 is 2.60 bits per heavy atom. The molecule has 158 valence electrons. The molecule has 0 saturated carbocycles. The minimum atomic E-state index is -3.61. The van der Waals surface area contributed by atoms with E-state index in [2.05, 4.69) is 10.1 Å². The van der Waals surface area contributed by atoms with E-state index in [-0.39, 0.29) is 23.1 Å². The molecule has 3 heterocycles. The normalized spacial score (nSPS) is 14.9. The van der Waals surface area contributed by atoms with E-state index in [1.807, 2.05) is 31.2 Å². The van der Waals surface area contributed by atoms with Gasteiger partial charge in [0.2, 0.25) is 15.8 Å². The van der Waals surface area contributed by atoms with Crippen LogP contribution in [0.1, 0.15) is 34.8 Å². The molecule has 30 heavy (non-hydrogen) atoms. The Balaban J connectivity index is 1.44. The van der Waals surface area contributed by atoms with Crippen LogP contribution in [0.25, 0.3) is 11.4 Å². The lowest BCUT2D eigenvalue weighted by Crippen LogP contribution is -2.27. The summed E-state index contributed by atoms with van der Waals surface area (Å²) < 4.78 is 38.6. The number of benzene rings is 1. The summed E-state index contributed by atoms with van der Waals surface area (Å²) >= 11 is 0. The van der Waals surface area contributed by atoms with Crippen LogP contribution in [-0.4, -0.2) is 46.5 Å². The summed E-state index contributed by atoms with van der Waals surface area (Å²) in [6.07, 6.45) is 3.11. The Morgan fingerprint density at radius 1 is 1.20 bits per heavy atom. The highest BCUT2D eigenvalue weighted by Gasteiger charge is 2.29. The van der Waals surface area contributed by atoms with Crippen LogP contribution in [0.15, 0.2) is 45.9 Å². The molecule has 4 rings (SSSR count). The quantitative estimate of drug-likeness (QED) is 0.553. The molecule has 3 aromatic rings. The van der Waals surface area contributed by atoms with Gasteiger partial charge in [0, 0.05) is 31.9 Å². The van der Waals surface area contributed by atoms with E-state index < -0.39 is 16.0 Å². The minimum absolute atomic E-state index is 0.0818. The lowest BCUT2D eigenvalue weighted by molar-refractivity contribution is 0.0418. The second-order valence-corrected chi connectivity index (χ2v) is 9.17. The lowest BCUT2D eigenvalue weighted by atomic mass is 10.1. The van der Waals surface area contributed by atoms with Gasteiger partial charge in [0.05, 0.1) is 0 Å². The molecule has 0 radical (unpaired) electrons. The number of nitrogens with zero attached hydrogens (tertiary/aromatic N) is 4. The third-order valence-electron chi connectivity index (χ3n) is 5.00. The molecule has 2 aromatic heterocycles. The number of hydrogen-bond acceptors (Lipinski definition) is 7. The number of rotatable bonds is 6. The average Bonchev–Trinajstić information content (AvgIpc) is 3.47. The van der Waals surface area contributed by atoms with Gasteiger partial charge in [-0.3, -0.25) is 0 Å². The highest BCUT2D eigenvalue weighted by atomic mass is 32.2. The summed E-state index contributed by atoms with van der Waals surface area (Å²) in [4.78, 5) is 16.8. The molecule has 0 bridgehead atoms. The third-order valence-corrected chi connectivity index (χ3v) is 6.86. The topological polar surface area (TPSA) is 108 Å². The minimum Gasteiger partial charge on any atom is -0.451 e. The smallest absolute Gasteiger partial charge is 0.355 e. The SMILES string of the molecule is Cc1ccc(-c2noc(COC(=O)c3cc(S(=O)(=O)N4CCCC4)cn3C)n2)cc1. The predicted molar refractivity (Wildman–Crippen MR) is 107 cm³/mol. The Hall–Kier alpha value is -2.98. The van der Waals surface area contributed by atoms with Crippen LogP contribution in [-0.2, 0) is 28.4 Å². The van der Waals surface area contributed by atoms with E-state index in [4.69, 9.17) is 9.26 Å². The zero-order chi connectivity index (χ0) is 21.3. The number of hydrogen-bond donors (Lipinski definition) is 0. The predicted octanol–water partition coefficient (Wildman–Crippen LogP) is 2.53. The standard InChI is InChI=1S/C20H22N4O5S/c1-14-5-7-15(8-6-14)19-21-18(29-22-19)13-28-20(25)17-11-16(12-23(17)2)30(26,27)24-9-3-4-10-24/h5-8,11-12H,3-4,9-10,13H2,1-2H3. The van der Waals surface area contributed by atoms with Gasteiger partial charge in [-0.25, -0.2) is 13.2 Å². The third kappa shape index (κ3) is 4.01. The van der Waals surface area contributed by atoms with E-state index in [9.17, 15) is 13.2 Å². The first-order valence-electron chi connectivity index (χ1n) is 9.58. The monoisotopic (exact) mass is 430 g/mol. The highest BCUT2D eigenvalue weighted by molar-refractivity contribution is 7.89. The van der Waals surface area contributed by atoms with Crippen molar-refractivity contribution in [1.29, 1.82) is 0 Å². The van der Waals surface area contributed by atoms with Crippen molar-refractivity contribution < 1.29 is 22.5 Å². The summed E-state index contributed by atoms with van der Waals surface area (Å²) in [5, 5.41) is 3.90. The van der Waals surface area contributed by atoms with Crippen LogP contribution in [0.5, 0.6) is 0 Å². The second kappa shape index (κ2) is 8.04. The number of carbonyl (C=O) groups excluding carboxylic acids is 1. The number of aryl methyl sites for hydroxylation is 2. The van der Waals surface area contributed by atoms with Crippen molar-refractivity contribution in [3.63, 3.8) is 0 Å². The van der Waals surface area contributed by atoms with Crippen molar-refractivity contribution in [1.82, 2.24) is 19.0 Å². The molecule has 1 fully saturated rings. The van der Waals surface area contributed by atoms with Gasteiger partial charge in [0.1, 0.15) is 10.6 Å². The Kier molecular flexibility index (Phi) is 5.44.